The van der Waals surface area contributed by atoms with Crippen LogP contribution in [-0.2, 0) is 9.53 Å². The predicted molar refractivity (Wildman–Crippen MR) is 65.0 cm³/mol. The summed E-state index contributed by atoms with van der Waals surface area (Å²) in [5, 5.41) is 8.38. The predicted octanol–water partition coefficient (Wildman–Crippen LogP) is 1.76. The Bertz CT molecular complexity index is 396. The Labute approximate surface area is 105 Å². The van der Waals surface area contributed by atoms with Crippen molar-refractivity contribution >= 4 is 11.8 Å². The van der Waals surface area contributed by atoms with Crippen molar-refractivity contribution in [1.82, 2.24) is 0 Å². The maximum absolute atomic E-state index is 11.0. The van der Waals surface area contributed by atoms with E-state index in [1.54, 1.807) is 24.3 Å². The molecule has 0 aliphatic heterocycles. The molecule has 0 saturated carbocycles. The normalized spacial score (nSPS) is 10.1. The van der Waals surface area contributed by atoms with Crippen LogP contribution in [0.25, 0.3) is 0 Å². The van der Waals surface area contributed by atoms with Crippen LogP contribution in [0.1, 0.15) is 23.7 Å². The Hall–Kier alpha value is -1.88. The molecular weight excluding hydrogens is 236 g/mol. The van der Waals surface area contributed by atoms with Gasteiger partial charge in [-0.3, -0.25) is 9.59 Å². The molecule has 98 valence electrons. The Balaban J connectivity index is 2.19. The first-order valence-electron chi connectivity index (χ1n) is 5.63. The first-order chi connectivity index (χ1) is 8.59. The molecule has 0 aliphatic carbocycles. The van der Waals surface area contributed by atoms with Crippen LogP contribution in [0.5, 0.6) is 5.75 Å². The number of aliphatic carboxylic acids is 1. The fraction of sp³-hybridized carbons (Fsp3) is 0.385. The maximum Gasteiger partial charge on any atom is 0.305 e. The molecule has 1 aromatic carbocycles. The van der Waals surface area contributed by atoms with Gasteiger partial charge >= 0.3 is 5.97 Å². The number of carboxylic acid groups (broad SMARTS) is 1. The van der Waals surface area contributed by atoms with Crippen LogP contribution >= 0.6 is 0 Å². The minimum absolute atomic E-state index is 0.00664. The molecule has 0 amide bonds. The van der Waals surface area contributed by atoms with Gasteiger partial charge < -0.3 is 14.6 Å². The van der Waals surface area contributed by atoms with Crippen molar-refractivity contribution in [2.24, 2.45) is 0 Å². The number of carbonyl (C=O) groups excluding carboxylic acids is 1. The molecule has 0 atom stereocenters. The Morgan fingerprint density at radius 1 is 1.11 bits per heavy atom. The summed E-state index contributed by atoms with van der Waals surface area (Å²) in [5.74, 6) is -0.212. The van der Waals surface area contributed by atoms with Gasteiger partial charge in [-0.15, -0.1) is 0 Å². The highest BCUT2D eigenvalue weighted by Gasteiger charge is 2.00. The lowest BCUT2D eigenvalue weighted by molar-refractivity contribution is -0.138. The van der Waals surface area contributed by atoms with E-state index in [9.17, 15) is 9.59 Å². The lowest BCUT2D eigenvalue weighted by Gasteiger charge is -2.06. The van der Waals surface area contributed by atoms with Crippen LogP contribution in [0.3, 0.4) is 0 Å². The number of ether oxygens (including phenoxy) is 2. The van der Waals surface area contributed by atoms with Crippen molar-refractivity contribution in [2.75, 3.05) is 19.8 Å². The van der Waals surface area contributed by atoms with Crippen molar-refractivity contribution in [3.05, 3.63) is 29.8 Å². The van der Waals surface area contributed by atoms with Gasteiger partial charge in [0.05, 0.1) is 19.6 Å². The number of hydrogen-bond donors (Lipinski definition) is 1. The molecule has 0 fully saturated rings. The van der Waals surface area contributed by atoms with Crippen LogP contribution in [0.2, 0.25) is 0 Å². The van der Waals surface area contributed by atoms with Gasteiger partial charge in [-0.05, 0) is 31.2 Å². The molecule has 1 N–H and O–H groups in total. The highest BCUT2D eigenvalue weighted by Crippen LogP contribution is 2.12. The van der Waals surface area contributed by atoms with Crippen molar-refractivity contribution in [3.8, 4) is 5.75 Å². The summed E-state index contributed by atoms with van der Waals surface area (Å²) in [6, 6.07) is 6.83. The highest BCUT2D eigenvalue weighted by atomic mass is 16.5. The van der Waals surface area contributed by atoms with E-state index in [1.807, 2.05) is 0 Å². The molecule has 0 spiro atoms. The maximum atomic E-state index is 11.0. The van der Waals surface area contributed by atoms with Crippen LogP contribution in [-0.4, -0.2) is 36.7 Å². The van der Waals surface area contributed by atoms with Crippen molar-refractivity contribution < 1.29 is 24.2 Å². The molecule has 0 bridgehead atoms. The Kier molecular flexibility index (Phi) is 5.87. The molecule has 1 rings (SSSR count). The molecule has 5 nitrogen and oxygen atoms in total. The summed E-state index contributed by atoms with van der Waals surface area (Å²) >= 11 is 0. The number of rotatable bonds is 8. The van der Waals surface area contributed by atoms with Crippen LogP contribution < -0.4 is 4.74 Å². The first kappa shape index (κ1) is 14.2. The van der Waals surface area contributed by atoms with E-state index in [1.165, 1.54) is 6.92 Å². The Morgan fingerprint density at radius 3 is 2.33 bits per heavy atom. The van der Waals surface area contributed by atoms with Crippen LogP contribution in [0.4, 0.5) is 0 Å². The second kappa shape index (κ2) is 7.45. The summed E-state index contributed by atoms with van der Waals surface area (Å²) in [7, 11) is 0. The van der Waals surface area contributed by atoms with Crippen molar-refractivity contribution in [2.45, 2.75) is 13.3 Å². The zero-order valence-electron chi connectivity index (χ0n) is 10.2. The summed E-state index contributed by atoms with van der Waals surface area (Å²) < 4.78 is 10.4. The van der Waals surface area contributed by atoms with Gasteiger partial charge in [0.2, 0.25) is 0 Å². The molecular formula is C13H16O5. The van der Waals surface area contributed by atoms with Gasteiger partial charge in [0.25, 0.3) is 0 Å². The molecule has 18 heavy (non-hydrogen) atoms. The van der Waals surface area contributed by atoms with E-state index >= 15 is 0 Å². The van der Waals surface area contributed by atoms with Gasteiger partial charge in [-0.25, -0.2) is 0 Å². The van der Waals surface area contributed by atoms with Crippen molar-refractivity contribution in [3.63, 3.8) is 0 Å². The minimum Gasteiger partial charge on any atom is -0.491 e. The van der Waals surface area contributed by atoms with Gasteiger partial charge in [0.15, 0.2) is 5.78 Å². The van der Waals surface area contributed by atoms with Gasteiger partial charge in [-0.2, -0.15) is 0 Å². The molecule has 1 aromatic rings. The van der Waals surface area contributed by atoms with E-state index in [0.29, 0.717) is 24.5 Å². The molecule has 0 aliphatic rings. The molecule has 0 heterocycles. The monoisotopic (exact) mass is 252 g/mol. The van der Waals surface area contributed by atoms with Gasteiger partial charge in [0.1, 0.15) is 12.4 Å². The zero-order chi connectivity index (χ0) is 13.4. The average molecular weight is 252 g/mol. The summed E-state index contributed by atoms with van der Waals surface area (Å²) in [5.41, 5.74) is 0.639. The third kappa shape index (κ3) is 5.45. The number of Topliss-reactive ketones (excluding diaryl/α,β-unsaturated/α-hetero) is 1. The number of carbonyl (C=O) groups is 2. The third-order valence-electron chi connectivity index (χ3n) is 2.22. The number of hydrogen-bond acceptors (Lipinski definition) is 4. The minimum atomic E-state index is -0.879. The lowest BCUT2D eigenvalue weighted by atomic mass is 10.1. The fourth-order valence-corrected chi connectivity index (χ4v) is 1.27. The number of benzene rings is 1. The fourth-order valence-electron chi connectivity index (χ4n) is 1.27. The van der Waals surface area contributed by atoms with E-state index < -0.39 is 5.97 Å². The van der Waals surface area contributed by atoms with Crippen LogP contribution in [0, 0.1) is 0 Å². The van der Waals surface area contributed by atoms with E-state index in [4.69, 9.17) is 14.6 Å². The smallest absolute Gasteiger partial charge is 0.305 e. The average Bonchev–Trinajstić information content (AvgIpc) is 2.34. The second-order valence-corrected chi connectivity index (χ2v) is 3.69. The van der Waals surface area contributed by atoms with Gasteiger partial charge in [-0.1, -0.05) is 0 Å². The largest absolute Gasteiger partial charge is 0.491 e. The first-order valence-corrected chi connectivity index (χ1v) is 5.63. The van der Waals surface area contributed by atoms with Crippen LogP contribution in [0.15, 0.2) is 24.3 Å². The molecule has 0 unspecified atom stereocenters. The Morgan fingerprint density at radius 2 is 1.78 bits per heavy atom. The summed E-state index contributed by atoms with van der Waals surface area (Å²) in [4.78, 5) is 21.2. The molecule has 0 aromatic heterocycles. The van der Waals surface area contributed by atoms with E-state index in [2.05, 4.69) is 0 Å². The van der Waals surface area contributed by atoms with Crippen molar-refractivity contribution in [1.29, 1.82) is 0 Å². The topological polar surface area (TPSA) is 72.8 Å². The highest BCUT2D eigenvalue weighted by molar-refractivity contribution is 5.94. The third-order valence-corrected chi connectivity index (χ3v) is 2.22. The van der Waals surface area contributed by atoms with E-state index in [-0.39, 0.29) is 18.8 Å². The quantitative estimate of drug-likeness (QED) is 0.563. The second-order valence-electron chi connectivity index (χ2n) is 3.69. The summed E-state index contributed by atoms with van der Waals surface area (Å²) in [6.45, 7) is 2.37. The zero-order valence-corrected chi connectivity index (χ0v) is 10.2. The number of ketones is 1. The molecule has 0 saturated heterocycles. The molecule has 5 heteroatoms. The standard InChI is InChI=1S/C13H16O5/c1-10(14)11-2-4-12(5-3-11)18-9-8-17-7-6-13(15)16/h2-5H,6-9H2,1H3,(H,15,16). The SMILES string of the molecule is CC(=O)c1ccc(OCCOCCC(=O)O)cc1. The lowest BCUT2D eigenvalue weighted by Crippen LogP contribution is -2.09. The van der Waals surface area contributed by atoms with E-state index in [0.717, 1.165) is 0 Å². The molecule has 0 radical (unpaired) electrons. The van der Waals surface area contributed by atoms with Gasteiger partial charge in [0, 0.05) is 5.56 Å². The number of carboxylic acids is 1. The summed E-state index contributed by atoms with van der Waals surface area (Å²) in [6.07, 6.45) is -0.00664.